The molecule has 7 heteroatoms. The highest BCUT2D eigenvalue weighted by Crippen LogP contribution is 2.16. The summed E-state index contributed by atoms with van der Waals surface area (Å²) in [5.74, 6) is 0.383. The molecule has 1 unspecified atom stereocenters. The summed E-state index contributed by atoms with van der Waals surface area (Å²) in [4.78, 5) is 23.7. The largest absolute Gasteiger partial charge is 0.443 e. The van der Waals surface area contributed by atoms with Crippen molar-refractivity contribution in [2.24, 2.45) is 5.92 Å². The minimum atomic E-state index is -0.589. The van der Waals surface area contributed by atoms with Gasteiger partial charge in [-0.25, -0.2) is 4.79 Å². The van der Waals surface area contributed by atoms with Crippen LogP contribution in [0.4, 0.5) is 4.79 Å². The van der Waals surface area contributed by atoms with Crippen molar-refractivity contribution in [1.29, 1.82) is 0 Å². The molecule has 2 amide bonds. The normalized spacial score (nSPS) is 12.9. The van der Waals surface area contributed by atoms with E-state index in [1.807, 2.05) is 0 Å². The van der Waals surface area contributed by atoms with Crippen LogP contribution in [0.15, 0.2) is 0 Å². The van der Waals surface area contributed by atoms with Gasteiger partial charge in [-0.15, -0.1) is 0 Å². The fraction of sp³-hybridized carbons (Fsp3) is 0.833. The molecule has 0 aromatic rings. The van der Waals surface area contributed by atoms with Crippen LogP contribution in [0.25, 0.3) is 0 Å². The van der Waals surface area contributed by atoms with E-state index >= 15 is 0 Å². The summed E-state index contributed by atoms with van der Waals surface area (Å²) < 4.78 is 10.3. The van der Waals surface area contributed by atoms with E-state index in [0.717, 1.165) is 17.7 Å². The van der Waals surface area contributed by atoms with Gasteiger partial charge >= 0.3 is 6.09 Å². The van der Waals surface area contributed by atoms with Crippen molar-refractivity contribution in [3.63, 3.8) is 0 Å². The van der Waals surface area contributed by atoms with Crippen LogP contribution in [-0.2, 0) is 13.7 Å². The number of hydrogen-bond donors (Lipinski definition) is 0. The van der Waals surface area contributed by atoms with E-state index < -0.39 is 11.7 Å². The van der Waals surface area contributed by atoms with Gasteiger partial charge in [0.05, 0.1) is 15.8 Å². The molecule has 0 saturated heterocycles. The van der Waals surface area contributed by atoms with Crippen molar-refractivity contribution in [2.45, 2.75) is 46.1 Å². The molecule has 0 aliphatic carbocycles. The maximum atomic E-state index is 11.7. The van der Waals surface area contributed by atoms with E-state index in [4.69, 9.17) is 8.92 Å². The number of rotatable bonds is 8. The number of ether oxygens (including phenoxy) is 1. The SMILES string of the molecule is CC(CCOSI)CCN(C=O)C(=O)OC(C)(C)C. The molecule has 0 aliphatic heterocycles. The van der Waals surface area contributed by atoms with Crippen LogP contribution < -0.4 is 0 Å². The Balaban J connectivity index is 4.05. The van der Waals surface area contributed by atoms with Gasteiger partial charge in [0.25, 0.3) is 0 Å². The molecule has 0 heterocycles. The molecule has 0 radical (unpaired) electrons. The summed E-state index contributed by atoms with van der Waals surface area (Å²) in [6, 6.07) is 0. The molecule has 0 fully saturated rings. The lowest BCUT2D eigenvalue weighted by Crippen LogP contribution is -2.37. The van der Waals surface area contributed by atoms with Crippen LogP contribution in [0.3, 0.4) is 0 Å². The van der Waals surface area contributed by atoms with Gasteiger partial charge in [-0.3, -0.25) is 9.69 Å². The Bertz CT molecular complexity index is 283. The van der Waals surface area contributed by atoms with Crippen molar-refractivity contribution in [3.8, 4) is 0 Å². The summed E-state index contributed by atoms with van der Waals surface area (Å²) in [5.41, 5.74) is -0.588. The zero-order chi connectivity index (χ0) is 14.9. The fourth-order valence-electron chi connectivity index (χ4n) is 1.29. The van der Waals surface area contributed by atoms with E-state index in [0.29, 0.717) is 25.5 Å². The molecule has 0 aromatic carbocycles. The predicted molar refractivity (Wildman–Crippen MR) is 85.0 cm³/mol. The smallest absolute Gasteiger partial charge is 0.416 e. The third kappa shape index (κ3) is 10.4. The van der Waals surface area contributed by atoms with Gasteiger partial charge in [-0.1, -0.05) is 6.92 Å². The summed E-state index contributed by atoms with van der Waals surface area (Å²) in [7, 11) is 1.31. The van der Waals surface area contributed by atoms with Gasteiger partial charge in [0.1, 0.15) is 5.60 Å². The molecular formula is C12H22INO4S. The van der Waals surface area contributed by atoms with Crippen molar-refractivity contribution in [1.82, 2.24) is 4.90 Å². The molecule has 0 N–H and O–H groups in total. The number of carbonyl (C=O) groups excluding carboxylic acids is 2. The van der Waals surface area contributed by atoms with Crippen LogP contribution in [0.5, 0.6) is 0 Å². The van der Waals surface area contributed by atoms with Crippen LogP contribution in [0.2, 0.25) is 0 Å². The van der Waals surface area contributed by atoms with Gasteiger partial charge in [0, 0.05) is 27.8 Å². The Hall–Kier alpha value is -0.0200. The average Bonchev–Trinajstić information content (AvgIpc) is 2.27. The Morgan fingerprint density at radius 3 is 2.53 bits per heavy atom. The van der Waals surface area contributed by atoms with Crippen molar-refractivity contribution in [2.75, 3.05) is 13.2 Å². The second-order valence-corrected chi connectivity index (χ2v) is 6.79. The predicted octanol–water partition coefficient (Wildman–Crippen LogP) is 3.81. The molecular weight excluding hydrogens is 381 g/mol. The van der Waals surface area contributed by atoms with Gasteiger partial charge in [-0.05, 0) is 39.5 Å². The summed E-state index contributed by atoms with van der Waals surface area (Å²) in [6.07, 6.45) is 1.58. The minimum absolute atomic E-state index is 0.372. The third-order valence-electron chi connectivity index (χ3n) is 2.36. The highest BCUT2D eigenvalue weighted by atomic mass is 127. The summed E-state index contributed by atoms with van der Waals surface area (Å²) >= 11 is 2.07. The number of halogens is 1. The maximum absolute atomic E-state index is 11.7. The molecule has 1 atom stereocenters. The van der Waals surface area contributed by atoms with E-state index in [-0.39, 0.29) is 0 Å². The quantitative estimate of drug-likeness (QED) is 0.267. The van der Waals surface area contributed by atoms with Crippen LogP contribution in [0.1, 0.15) is 40.5 Å². The van der Waals surface area contributed by atoms with Gasteiger partial charge in [-0.2, -0.15) is 0 Å². The molecule has 0 spiro atoms. The van der Waals surface area contributed by atoms with Crippen molar-refractivity contribution < 1.29 is 18.5 Å². The Kier molecular flexibility index (Phi) is 9.81. The first-order valence-electron chi connectivity index (χ1n) is 6.15. The van der Waals surface area contributed by atoms with Crippen molar-refractivity contribution in [3.05, 3.63) is 0 Å². The van der Waals surface area contributed by atoms with Crippen molar-refractivity contribution >= 4 is 42.9 Å². The maximum Gasteiger partial charge on any atom is 0.416 e. The number of imide groups is 1. The standard InChI is InChI=1S/C12H22INO4S/c1-10(6-8-17-19-13)5-7-14(9-15)11(16)18-12(2,3)4/h9-10H,5-8H2,1-4H3. The Labute approximate surface area is 131 Å². The zero-order valence-corrected chi connectivity index (χ0v) is 14.8. The van der Waals surface area contributed by atoms with E-state index in [2.05, 4.69) is 28.1 Å². The zero-order valence-electron chi connectivity index (χ0n) is 11.8. The number of carbonyl (C=O) groups is 2. The first-order chi connectivity index (χ1) is 8.80. The van der Waals surface area contributed by atoms with E-state index in [1.54, 1.807) is 20.8 Å². The molecule has 112 valence electrons. The molecule has 19 heavy (non-hydrogen) atoms. The lowest BCUT2D eigenvalue weighted by molar-refractivity contribution is -0.117. The lowest BCUT2D eigenvalue weighted by atomic mass is 10.0. The molecule has 0 aromatic heterocycles. The average molecular weight is 403 g/mol. The molecule has 0 aliphatic rings. The highest BCUT2D eigenvalue weighted by Gasteiger charge is 2.21. The Morgan fingerprint density at radius 1 is 1.42 bits per heavy atom. The van der Waals surface area contributed by atoms with E-state index in [1.165, 1.54) is 9.21 Å². The lowest BCUT2D eigenvalue weighted by Gasteiger charge is -2.24. The number of hydrogen-bond acceptors (Lipinski definition) is 5. The van der Waals surface area contributed by atoms with E-state index in [9.17, 15) is 9.59 Å². The Morgan fingerprint density at radius 2 is 2.05 bits per heavy atom. The minimum Gasteiger partial charge on any atom is -0.443 e. The number of nitrogens with zero attached hydrogens (tertiary/aromatic N) is 1. The monoisotopic (exact) mass is 403 g/mol. The third-order valence-corrected chi connectivity index (χ3v) is 3.38. The van der Waals surface area contributed by atoms with Crippen LogP contribution >= 0.6 is 30.4 Å². The molecule has 0 saturated carbocycles. The fourth-order valence-corrected chi connectivity index (χ4v) is 1.99. The van der Waals surface area contributed by atoms with Gasteiger partial charge < -0.3 is 8.92 Å². The first-order valence-corrected chi connectivity index (χ1v) is 9.43. The summed E-state index contributed by atoms with van der Waals surface area (Å²) in [6.45, 7) is 8.43. The van der Waals surface area contributed by atoms with Gasteiger partial charge in [0.2, 0.25) is 6.41 Å². The highest BCUT2D eigenvalue weighted by molar-refractivity contribution is 14.2. The topological polar surface area (TPSA) is 55.8 Å². The van der Waals surface area contributed by atoms with Crippen LogP contribution in [-0.4, -0.2) is 36.2 Å². The number of amides is 2. The first kappa shape index (κ1) is 19.0. The van der Waals surface area contributed by atoms with Crippen LogP contribution in [0, 0.1) is 5.92 Å². The second-order valence-electron chi connectivity index (χ2n) is 5.35. The molecule has 0 bridgehead atoms. The second kappa shape index (κ2) is 9.82. The van der Waals surface area contributed by atoms with Gasteiger partial charge in [0.15, 0.2) is 0 Å². The molecule has 5 nitrogen and oxygen atoms in total. The molecule has 0 rings (SSSR count). The summed E-state index contributed by atoms with van der Waals surface area (Å²) in [5, 5.41) is 0.